The molecule has 1 saturated carbocycles. The smallest absolute Gasteiger partial charge is 0.0959 e. The molecule has 0 unspecified atom stereocenters. The molecule has 1 aromatic heterocycles. The molecule has 2 N–H and O–H groups in total. The Kier molecular flexibility index (Phi) is 3.08. The van der Waals surface area contributed by atoms with E-state index in [2.05, 4.69) is 11.1 Å². The molecule has 0 amide bonds. The SMILES string of the molecule is NCCC1(CSc2ccccn2)CC1. The molecule has 3 heteroatoms. The molecule has 1 aromatic rings. The zero-order valence-electron chi connectivity index (χ0n) is 8.28. The lowest BCUT2D eigenvalue weighted by atomic mass is 10.1. The summed E-state index contributed by atoms with van der Waals surface area (Å²) in [6.07, 6.45) is 5.73. The molecule has 0 saturated heterocycles. The molecule has 1 aliphatic rings. The van der Waals surface area contributed by atoms with Crippen LogP contribution < -0.4 is 5.73 Å². The van der Waals surface area contributed by atoms with E-state index < -0.39 is 0 Å². The van der Waals surface area contributed by atoms with Crippen molar-refractivity contribution in [3.8, 4) is 0 Å². The number of hydrogen-bond donors (Lipinski definition) is 1. The van der Waals surface area contributed by atoms with Crippen molar-refractivity contribution in [2.75, 3.05) is 12.3 Å². The highest BCUT2D eigenvalue weighted by atomic mass is 32.2. The average molecular weight is 208 g/mol. The van der Waals surface area contributed by atoms with Gasteiger partial charge in [-0.05, 0) is 43.4 Å². The lowest BCUT2D eigenvalue weighted by molar-refractivity contribution is 0.537. The number of thioether (sulfide) groups is 1. The third-order valence-corrected chi connectivity index (χ3v) is 4.09. The lowest BCUT2D eigenvalue weighted by Crippen LogP contribution is -2.11. The predicted octanol–water partition coefficient (Wildman–Crippen LogP) is 2.30. The van der Waals surface area contributed by atoms with Gasteiger partial charge in [0.2, 0.25) is 0 Å². The molecule has 0 aromatic carbocycles. The Morgan fingerprint density at radius 3 is 2.86 bits per heavy atom. The second-order valence-electron chi connectivity index (χ2n) is 4.00. The van der Waals surface area contributed by atoms with Gasteiger partial charge in [-0.1, -0.05) is 6.07 Å². The van der Waals surface area contributed by atoms with E-state index in [4.69, 9.17) is 5.73 Å². The molecule has 76 valence electrons. The third kappa shape index (κ3) is 2.49. The second-order valence-corrected chi connectivity index (χ2v) is 4.99. The highest BCUT2D eigenvalue weighted by Gasteiger charge is 2.41. The van der Waals surface area contributed by atoms with Crippen molar-refractivity contribution in [1.29, 1.82) is 0 Å². The number of nitrogens with zero attached hydrogens (tertiary/aromatic N) is 1. The first-order valence-electron chi connectivity index (χ1n) is 5.09. The molecular weight excluding hydrogens is 192 g/mol. The van der Waals surface area contributed by atoms with E-state index in [-0.39, 0.29) is 0 Å². The maximum absolute atomic E-state index is 5.60. The first-order chi connectivity index (χ1) is 6.85. The fourth-order valence-electron chi connectivity index (χ4n) is 1.61. The molecule has 0 atom stereocenters. The van der Waals surface area contributed by atoms with Crippen LogP contribution in [-0.2, 0) is 0 Å². The highest BCUT2D eigenvalue weighted by Crippen LogP contribution is 2.51. The summed E-state index contributed by atoms with van der Waals surface area (Å²) in [5.41, 5.74) is 6.15. The second kappa shape index (κ2) is 4.32. The lowest BCUT2D eigenvalue weighted by Gasteiger charge is -2.12. The van der Waals surface area contributed by atoms with Crippen LogP contribution in [0.5, 0.6) is 0 Å². The molecule has 14 heavy (non-hydrogen) atoms. The first-order valence-corrected chi connectivity index (χ1v) is 6.07. The largest absolute Gasteiger partial charge is 0.330 e. The fraction of sp³-hybridized carbons (Fsp3) is 0.545. The average Bonchev–Trinajstić information content (AvgIpc) is 2.98. The van der Waals surface area contributed by atoms with Crippen LogP contribution >= 0.6 is 11.8 Å². The van der Waals surface area contributed by atoms with Gasteiger partial charge in [0.05, 0.1) is 5.03 Å². The van der Waals surface area contributed by atoms with Crippen LogP contribution in [0.3, 0.4) is 0 Å². The van der Waals surface area contributed by atoms with Crippen molar-refractivity contribution in [3.63, 3.8) is 0 Å². The highest BCUT2D eigenvalue weighted by molar-refractivity contribution is 7.99. The Labute approximate surface area is 89.3 Å². The normalized spacial score (nSPS) is 18.1. The zero-order valence-corrected chi connectivity index (χ0v) is 9.09. The van der Waals surface area contributed by atoms with Gasteiger partial charge >= 0.3 is 0 Å². The Hall–Kier alpha value is -0.540. The van der Waals surface area contributed by atoms with E-state index in [9.17, 15) is 0 Å². The Morgan fingerprint density at radius 2 is 2.29 bits per heavy atom. The number of hydrogen-bond acceptors (Lipinski definition) is 3. The van der Waals surface area contributed by atoms with E-state index in [1.165, 1.54) is 25.0 Å². The van der Waals surface area contributed by atoms with Gasteiger partial charge in [0.1, 0.15) is 0 Å². The summed E-state index contributed by atoms with van der Waals surface area (Å²) < 4.78 is 0. The molecule has 0 spiro atoms. The Balaban J connectivity index is 1.83. The summed E-state index contributed by atoms with van der Waals surface area (Å²) in [5, 5.41) is 1.13. The Morgan fingerprint density at radius 1 is 1.43 bits per heavy atom. The van der Waals surface area contributed by atoms with Gasteiger partial charge < -0.3 is 5.73 Å². The molecular formula is C11H16N2S. The number of rotatable bonds is 5. The van der Waals surface area contributed by atoms with Crippen LogP contribution in [0.1, 0.15) is 19.3 Å². The third-order valence-electron chi connectivity index (χ3n) is 2.80. The van der Waals surface area contributed by atoms with Gasteiger partial charge in [0, 0.05) is 11.9 Å². The van der Waals surface area contributed by atoms with Crippen LogP contribution in [0, 0.1) is 5.41 Å². The summed E-state index contributed by atoms with van der Waals surface area (Å²) in [4.78, 5) is 4.30. The maximum Gasteiger partial charge on any atom is 0.0959 e. The minimum absolute atomic E-state index is 0.553. The molecule has 0 bridgehead atoms. The monoisotopic (exact) mass is 208 g/mol. The number of aromatic nitrogens is 1. The van der Waals surface area contributed by atoms with Gasteiger partial charge in [0.15, 0.2) is 0 Å². The van der Waals surface area contributed by atoms with Gasteiger partial charge in [-0.25, -0.2) is 4.98 Å². The Bertz CT molecular complexity index is 283. The first kappa shape index (κ1) is 9.99. The molecule has 0 aliphatic heterocycles. The molecule has 2 rings (SSSR count). The zero-order chi connectivity index (χ0) is 9.86. The van der Waals surface area contributed by atoms with Crippen LogP contribution in [0.25, 0.3) is 0 Å². The summed E-state index contributed by atoms with van der Waals surface area (Å²) in [7, 11) is 0. The minimum Gasteiger partial charge on any atom is -0.330 e. The van der Waals surface area contributed by atoms with Crippen molar-refractivity contribution < 1.29 is 0 Å². The van der Waals surface area contributed by atoms with E-state index in [0.717, 1.165) is 11.6 Å². The molecule has 1 heterocycles. The van der Waals surface area contributed by atoms with Crippen molar-refractivity contribution in [1.82, 2.24) is 4.98 Å². The maximum atomic E-state index is 5.60. The fourth-order valence-corrected chi connectivity index (χ4v) is 2.81. The van der Waals surface area contributed by atoms with E-state index in [0.29, 0.717) is 5.41 Å². The van der Waals surface area contributed by atoms with Gasteiger partial charge in [-0.2, -0.15) is 0 Å². The number of pyridine rings is 1. The molecule has 1 aliphatic carbocycles. The van der Waals surface area contributed by atoms with Crippen molar-refractivity contribution in [2.45, 2.75) is 24.3 Å². The summed E-state index contributed by atoms with van der Waals surface area (Å²) >= 11 is 1.86. The van der Waals surface area contributed by atoms with Crippen LogP contribution in [-0.4, -0.2) is 17.3 Å². The van der Waals surface area contributed by atoms with E-state index in [1.54, 1.807) is 0 Å². The van der Waals surface area contributed by atoms with E-state index in [1.807, 2.05) is 30.1 Å². The van der Waals surface area contributed by atoms with Crippen LogP contribution in [0.4, 0.5) is 0 Å². The standard InChI is InChI=1S/C11H16N2S/c12-7-6-11(4-5-11)9-14-10-3-1-2-8-13-10/h1-3,8H,4-7,9,12H2. The van der Waals surface area contributed by atoms with Crippen LogP contribution in [0.15, 0.2) is 29.4 Å². The van der Waals surface area contributed by atoms with Gasteiger partial charge in [-0.3, -0.25) is 0 Å². The van der Waals surface area contributed by atoms with Gasteiger partial charge in [-0.15, -0.1) is 11.8 Å². The number of nitrogens with two attached hydrogens (primary N) is 1. The summed E-state index contributed by atoms with van der Waals surface area (Å²) in [6, 6.07) is 6.07. The van der Waals surface area contributed by atoms with Crippen molar-refractivity contribution in [3.05, 3.63) is 24.4 Å². The predicted molar refractivity (Wildman–Crippen MR) is 60.3 cm³/mol. The van der Waals surface area contributed by atoms with Crippen molar-refractivity contribution >= 4 is 11.8 Å². The van der Waals surface area contributed by atoms with E-state index >= 15 is 0 Å². The minimum atomic E-state index is 0.553. The summed E-state index contributed by atoms with van der Waals surface area (Å²) in [6.45, 7) is 0.822. The topological polar surface area (TPSA) is 38.9 Å². The molecule has 1 fully saturated rings. The molecule has 0 radical (unpaired) electrons. The van der Waals surface area contributed by atoms with Crippen LogP contribution in [0.2, 0.25) is 0 Å². The van der Waals surface area contributed by atoms with Crippen molar-refractivity contribution in [2.24, 2.45) is 11.1 Å². The van der Waals surface area contributed by atoms with Gasteiger partial charge in [0.25, 0.3) is 0 Å². The summed E-state index contributed by atoms with van der Waals surface area (Å²) in [5.74, 6) is 1.18. The quantitative estimate of drug-likeness (QED) is 0.755. The molecule has 2 nitrogen and oxygen atoms in total.